The normalized spacial score (nSPS) is 14.6. The zero-order valence-electron chi connectivity index (χ0n) is 10.1. The second-order valence-corrected chi connectivity index (χ2v) is 22.8. The third-order valence-electron chi connectivity index (χ3n) is 1.75. The van der Waals surface area contributed by atoms with Crippen molar-refractivity contribution in [1.29, 1.82) is 0 Å². The summed E-state index contributed by atoms with van der Waals surface area (Å²) in [6, 6.07) is 2.05. The molecule has 0 N–H and O–H groups in total. The summed E-state index contributed by atoms with van der Waals surface area (Å²) in [5.41, 5.74) is 0. The first-order chi connectivity index (χ1) is 5.91. The monoisotopic (exact) mass is 288 g/mol. The van der Waals surface area contributed by atoms with Gasteiger partial charge in [0.25, 0.3) is 0 Å². The molecule has 0 saturated heterocycles. The van der Waals surface area contributed by atoms with E-state index in [0.717, 1.165) is 12.1 Å². The van der Waals surface area contributed by atoms with Crippen LogP contribution in [0.25, 0.3) is 0 Å². The van der Waals surface area contributed by atoms with Crippen molar-refractivity contribution >= 4 is 45.5 Å². The van der Waals surface area contributed by atoms with E-state index in [0.29, 0.717) is 0 Å². The highest BCUT2D eigenvalue weighted by atomic mass is 35.7. The second-order valence-electron chi connectivity index (χ2n) is 5.54. The fourth-order valence-electron chi connectivity index (χ4n) is 1.40. The maximum Gasteiger partial charge on any atom is 0.248 e. The zero-order chi connectivity index (χ0) is 11.6. The summed E-state index contributed by atoms with van der Waals surface area (Å²) in [4.78, 5) is 0. The highest BCUT2D eigenvalue weighted by Gasteiger charge is 2.32. The van der Waals surface area contributed by atoms with Gasteiger partial charge in [0.2, 0.25) is 6.69 Å². The SMILES string of the molecule is C[Si](Cl)(Cl)CC[Si](C)(C)O[Si](C)(C)C. The van der Waals surface area contributed by atoms with Crippen molar-refractivity contribution in [2.45, 2.75) is 51.4 Å². The lowest BCUT2D eigenvalue weighted by molar-refractivity contribution is 0.550. The fourth-order valence-corrected chi connectivity index (χ4v) is 14.3. The lowest BCUT2D eigenvalue weighted by Gasteiger charge is -2.32. The Balaban J connectivity index is 4.09. The standard InChI is InChI=1S/C8H22Cl2OSi3/c1-12(2,3)11-13(4,5)7-8-14(6,9)10/h7-8H2,1-6H3. The molecule has 0 aliphatic carbocycles. The molecule has 1 nitrogen and oxygen atoms in total. The van der Waals surface area contributed by atoms with Crippen LogP contribution in [-0.4, -0.2) is 23.3 Å². The molecule has 0 aromatic rings. The van der Waals surface area contributed by atoms with Crippen molar-refractivity contribution in [3.8, 4) is 0 Å². The molecule has 86 valence electrons. The van der Waals surface area contributed by atoms with Crippen LogP contribution in [0.1, 0.15) is 0 Å². The molecule has 0 spiro atoms. The Labute approximate surface area is 101 Å². The molecule has 14 heavy (non-hydrogen) atoms. The van der Waals surface area contributed by atoms with Gasteiger partial charge < -0.3 is 4.12 Å². The Bertz CT molecular complexity index is 184. The van der Waals surface area contributed by atoms with E-state index in [1.165, 1.54) is 0 Å². The van der Waals surface area contributed by atoms with E-state index in [9.17, 15) is 0 Å². The lowest BCUT2D eigenvalue weighted by atomic mass is 10.9. The van der Waals surface area contributed by atoms with Crippen molar-refractivity contribution < 1.29 is 4.12 Å². The van der Waals surface area contributed by atoms with Gasteiger partial charge in [0.15, 0.2) is 16.6 Å². The number of hydrogen-bond acceptors (Lipinski definition) is 1. The molecule has 6 heteroatoms. The van der Waals surface area contributed by atoms with Crippen molar-refractivity contribution in [3.63, 3.8) is 0 Å². The molecular weight excluding hydrogens is 267 g/mol. The molecule has 0 aromatic carbocycles. The average Bonchev–Trinajstić information content (AvgIpc) is 1.76. The van der Waals surface area contributed by atoms with Crippen LogP contribution in [0.4, 0.5) is 0 Å². The molecule has 0 aromatic heterocycles. The minimum absolute atomic E-state index is 0.958. The summed E-state index contributed by atoms with van der Waals surface area (Å²) in [6.07, 6.45) is 0. The Morgan fingerprint density at radius 3 is 1.57 bits per heavy atom. The quantitative estimate of drug-likeness (QED) is 0.531. The molecular formula is C8H22Cl2OSi3. The smallest absolute Gasteiger partial charge is 0.248 e. The first-order valence-electron chi connectivity index (χ1n) is 4.99. The summed E-state index contributed by atoms with van der Waals surface area (Å²) < 4.78 is 6.20. The van der Waals surface area contributed by atoms with Gasteiger partial charge in [-0.3, -0.25) is 0 Å². The van der Waals surface area contributed by atoms with Crippen molar-refractivity contribution in [2.75, 3.05) is 0 Å². The molecule has 0 rings (SSSR count). The van der Waals surface area contributed by atoms with Gasteiger partial charge in [-0.25, -0.2) is 0 Å². The van der Waals surface area contributed by atoms with Gasteiger partial charge >= 0.3 is 0 Å². The van der Waals surface area contributed by atoms with Gasteiger partial charge in [-0.05, 0) is 51.4 Å². The molecule has 0 aliphatic heterocycles. The third kappa shape index (κ3) is 9.73. The summed E-state index contributed by atoms with van der Waals surface area (Å²) in [5, 5.41) is 0. The third-order valence-corrected chi connectivity index (χ3v) is 10.6. The highest BCUT2D eigenvalue weighted by molar-refractivity contribution is 7.45. The molecule has 0 saturated carbocycles. The minimum Gasteiger partial charge on any atom is -0.456 e. The molecule has 0 aliphatic rings. The van der Waals surface area contributed by atoms with Crippen molar-refractivity contribution in [1.82, 2.24) is 0 Å². The second kappa shape index (κ2) is 5.01. The van der Waals surface area contributed by atoms with Crippen LogP contribution in [0.2, 0.25) is 51.4 Å². The van der Waals surface area contributed by atoms with Crippen molar-refractivity contribution in [2.24, 2.45) is 0 Å². The van der Waals surface area contributed by atoms with Crippen LogP contribution in [0.5, 0.6) is 0 Å². The van der Waals surface area contributed by atoms with E-state index in [2.05, 4.69) is 32.7 Å². The van der Waals surface area contributed by atoms with Gasteiger partial charge in [-0.1, -0.05) is 0 Å². The summed E-state index contributed by atoms with van der Waals surface area (Å²) >= 11 is 12.2. The zero-order valence-corrected chi connectivity index (χ0v) is 14.6. The predicted octanol–water partition coefficient (Wildman–Crippen LogP) is 4.59. The van der Waals surface area contributed by atoms with Crippen LogP contribution >= 0.6 is 22.2 Å². The van der Waals surface area contributed by atoms with E-state index in [1.54, 1.807) is 0 Å². The van der Waals surface area contributed by atoms with Gasteiger partial charge in [-0.15, -0.1) is 22.2 Å². The van der Waals surface area contributed by atoms with E-state index >= 15 is 0 Å². The maximum atomic E-state index is 6.20. The lowest BCUT2D eigenvalue weighted by Crippen LogP contribution is -2.42. The van der Waals surface area contributed by atoms with Gasteiger partial charge in [0.1, 0.15) is 0 Å². The Morgan fingerprint density at radius 1 is 0.857 bits per heavy atom. The van der Waals surface area contributed by atoms with Crippen LogP contribution in [0, 0.1) is 0 Å². The van der Waals surface area contributed by atoms with Gasteiger partial charge in [0.05, 0.1) is 0 Å². The minimum atomic E-state index is -1.93. The summed E-state index contributed by atoms with van der Waals surface area (Å²) in [5.74, 6) is 0. The first kappa shape index (κ1) is 15.2. The number of halogens is 2. The maximum absolute atomic E-state index is 6.20. The van der Waals surface area contributed by atoms with Crippen molar-refractivity contribution in [3.05, 3.63) is 0 Å². The van der Waals surface area contributed by atoms with E-state index < -0.39 is 23.3 Å². The van der Waals surface area contributed by atoms with Crippen LogP contribution in [-0.2, 0) is 4.12 Å². The molecule has 0 heterocycles. The molecule has 0 bridgehead atoms. The van der Waals surface area contributed by atoms with Gasteiger partial charge in [0, 0.05) is 0 Å². The Kier molecular flexibility index (Phi) is 5.44. The summed E-state index contributed by atoms with van der Waals surface area (Å²) in [7, 11) is -2.92. The molecule has 0 radical (unpaired) electrons. The first-order valence-corrected chi connectivity index (χ1v) is 16.2. The molecule has 0 atom stereocenters. The van der Waals surface area contributed by atoms with Gasteiger partial charge in [-0.2, -0.15) is 0 Å². The van der Waals surface area contributed by atoms with E-state index in [1.807, 2.05) is 6.55 Å². The fraction of sp³-hybridized carbons (Fsp3) is 1.00. The van der Waals surface area contributed by atoms with Crippen LogP contribution in [0.15, 0.2) is 0 Å². The molecule has 0 fully saturated rings. The van der Waals surface area contributed by atoms with E-state index in [-0.39, 0.29) is 0 Å². The Hall–Kier alpha value is 1.19. The van der Waals surface area contributed by atoms with Crippen LogP contribution < -0.4 is 0 Å². The van der Waals surface area contributed by atoms with E-state index in [4.69, 9.17) is 26.3 Å². The molecule has 0 unspecified atom stereocenters. The highest BCUT2D eigenvalue weighted by Crippen LogP contribution is 2.28. The van der Waals surface area contributed by atoms with Crippen LogP contribution in [0.3, 0.4) is 0 Å². The topological polar surface area (TPSA) is 9.23 Å². The largest absolute Gasteiger partial charge is 0.456 e. The number of rotatable bonds is 5. The number of hydrogen-bond donors (Lipinski definition) is 0. The summed E-state index contributed by atoms with van der Waals surface area (Å²) in [6.45, 7) is 11.3. The predicted molar refractivity (Wildman–Crippen MR) is 74.9 cm³/mol. The molecule has 0 amide bonds. The Morgan fingerprint density at radius 2 is 1.29 bits per heavy atom. The average molecular weight is 289 g/mol.